The summed E-state index contributed by atoms with van der Waals surface area (Å²) < 4.78 is 26.4. The zero-order valence-electron chi connectivity index (χ0n) is 12.0. The Labute approximate surface area is 124 Å². The Kier molecular flexibility index (Phi) is 4.36. The smallest absolute Gasteiger partial charge is 0.310 e. The van der Waals surface area contributed by atoms with Crippen LogP contribution in [-0.4, -0.2) is 48.1 Å². The number of piperidine rings is 1. The molecule has 2 rings (SSSR count). The lowest BCUT2D eigenvalue weighted by atomic mass is 9.96. The maximum absolute atomic E-state index is 12.6. The molecule has 1 saturated heterocycles. The summed E-state index contributed by atoms with van der Waals surface area (Å²) in [4.78, 5) is 11.3. The summed E-state index contributed by atoms with van der Waals surface area (Å²) in [6.07, 6.45) is -0.880. The van der Waals surface area contributed by atoms with E-state index in [0.29, 0.717) is 5.56 Å². The first-order valence-corrected chi connectivity index (χ1v) is 8.16. The molecule has 2 N–H and O–H groups in total. The molecule has 1 fully saturated rings. The molecule has 1 aromatic carbocycles. The van der Waals surface area contributed by atoms with Gasteiger partial charge in [0.2, 0.25) is 10.0 Å². The first-order chi connectivity index (χ1) is 9.73. The summed E-state index contributed by atoms with van der Waals surface area (Å²) in [7, 11) is -3.74. The largest absolute Gasteiger partial charge is 0.481 e. The number of aliphatic carboxylic acids is 1. The molecule has 2 atom stereocenters. The molecular weight excluding hydrogens is 294 g/mol. The van der Waals surface area contributed by atoms with Gasteiger partial charge >= 0.3 is 5.97 Å². The first kappa shape index (κ1) is 15.9. The number of carboxylic acid groups (broad SMARTS) is 1. The van der Waals surface area contributed by atoms with Gasteiger partial charge in [-0.1, -0.05) is 17.7 Å². The molecule has 1 heterocycles. The Morgan fingerprint density at radius 2 is 2.00 bits per heavy atom. The van der Waals surface area contributed by atoms with E-state index in [-0.39, 0.29) is 24.4 Å². The van der Waals surface area contributed by atoms with E-state index >= 15 is 0 Å². The highest BCUT2D eigenvalue weighted by Gasteiger charge is 2.38. The maximum Gasteiger partial charge on any atom is 0.310 e. The van der Waals surface area contributed by atoms with Crippen LogP contribution in [0.1, 0.15) is 17.5 Å². The van der Waals surface area contributed by atoms with Crippen molar-refractivity contribution < 1.29 is 23.4 Å². The number of aryl methyl sites for hydroxylation is 2. The highest BCUT2D eigenvalue weighted by Crippen LogP contribution is 2.26. The van der Waals surface area contributed by atoms with Crippen LogP contribution in [0.15, 0.2) is 23.1 Å². The summed E-state index contributed by atoms with van der Waals surface area (Å²) in [5.74, 6) is -2.26. The molecule has 1 aromatic rings. The van der Waals surface area contributed by atoms with Crippen LogP contribution in [-0.2, 0) is 14.8 Å². The fourth-order valence-corrected chi connectivity index (χ4v) is 4.29. The van der Waals surface area contributed by atoms with Crippen molar-refractivity contribution in [3.8, 4) is 0 Å². The summed E-state index contributed by atoms with van der Waals surface area (Å²) in [5.41, 5.74) is 1.59. The van der Waals surface area contributed by atoms with Gasteiger partial charge in [0.25, 0.3) is 0 Å². The van der Waals surface area contributed by atoms with Crippen molar-refractivity contribution in [1.82, 2.24) is 4.31 Å². The van der Waals surface area contributed by atoms with Crippen LogP contribution >= 0.6 is 0 Å². The van der Waals surface area contributed by atoms with E-state index < -0.39 is 28.0 Å². The van der Waals surface area contributed by atoms with Gasteiger partial charge in [-0.2, -0.15) is 4.31 Å². The fraction of sp³-hybridized carbons (Fsp3) is 0.500. The first-order valence-electron chi connectivity index (χ1n) is 6.71. The summed E-state index contributed by atoms with van der Waals surface area (Å²) >= 11 is 0. The summed E-state index contributed by atoms with van der Waals surface area (Å²) in [6.45, 7) is 3.52. The van der Waals surface area contributed by atoms with Crippen molar-refractivity contribution in [2.24, 2.45) is 5.92 Å². The van der Waals surface area contributed by atoms with Crippen LogP contribution < -0.4 is 0 Å². The highest BCUT2D eigenvalue weighted by atomic mass is 32.2. The van der Waals surface area contributed by atoms with Gasteiger partial charge in [-0.05, 0) is 31.9 Å². The molecular formula is C14H19NO5S. The van der Waals surface area contributed by atoms with Crippen LogP contribution in [0.4, 0.5) is 0 Å². The highest BCUT2D eigenvalue weighted by molar-refractivity contribution is 7.89. The molecule has 116 valence electrons. The van der Waals surface area contributed by atoms with Crippen LogP contribution in [0.5, 0.6) is 0 Å². The minimum Gasteiger partial charge on any atom is -0.481 e. The van der Waals surface area contributed by atoms with Gasteiger partial charge in [0.05, 0.1) is 16.9 Å². The number of carboxylic acids is 1. The number of hydrogen-bond donors (Lipinski definition) is 2. The predicted molar refractivity (Wildman–Crippen MR) is 76.4 cm³/mol. The van der Waals surface area contributed by atoms with E-state index in [4.69, 9.17) is 5.11 Å². The second kappa shape index (κ2) is 5.75. The Balaban J connectivity index is 2.33. The molecule has 6 nitrogen and oxygen atoms in total. The third kappa shape index (κ3) is 3.09. The van der Waals surface area contributed by atoms with E-state index in [1.165, 1.54) is 0 Å². The Bertz CT molecular complexity index is 655. The molecule has 0 aliphatic carbocycles. The quantitative estimate of drug-likeness (QED) is 0.859. The minimum absolute atomic E-state index is 0.126. The standard InChI is InChI=1S/C14H19NO5S/c1-9-3-4-13(10(2)7-9)21(19,20)15-6-5-12(16)11(8-15)14(17)18/h3-4,7,11-12,16H,5-6,8H2,1-2H3,(H,17,18)/t11-,12+/m0/s1. The molecule has 21 heavy (non-hydrogen) atoms. The van der Waals surface area contributed by atoms with Crippen molar-refractivity contribution in [2.75, 3.05) is 13.1 Å². The van der Waals surface area contributed by atoms with E-state index in [2.05, 4.69) is 0 Å². The Morgan fingerprint density at radius 3 is 2.57 bits per heavy atom. The fourth-order valence-electron chi connectivity index (χ4n) is 2.60. The van der Waals surface area contributed by atoms with Crippen LogP contribution in [0.3, 0.4) is 0 Å². The van der Waals surface area contributed by atoms with E-state index in [1.807, 2.05) is 6.92 Å². The number of hydrogen-bond acceptors (Lipinski definition) is 4. The molecule has 0 amide bonds. The van der Waals surface area contributed by atoms with Gasteiger partial charge in [0, 0.05) is 13.1 Å². The van der Waals surface area contributed by atoms with Gasteiger partial charge in [-0.3, -0.25) is 4.79 Å². The minimum atomic E-state index is -3.74. The molecule has 1 aliphatic heterocycles. The van der Waals surface area contributed by atoms with Crippen LogP contribution in [0.2, 0.25) is 0 Å². The molecule has 0 spiro atoms. The molecule has 0 aromatic heterocycles. The third-order valence-corrected chi connectivity index (χ3v) is 5.83. The molecule has 7 heteroatoms. The lowest BCUT2D eigenvalue weighted by molar-refractivity contribution is -0.147. The number of rotatable bonds is 3. The Hall–Kier alpha value is -1.44. The van der Waals surface area contributed by atoms with Crippen LogP contribution in [0, 0.1) is 19.8 Å². The van der Waals surface area contributed by atoms with Crippen molar-refractivity contribution in [1.29, 1.82) is 0 Å². The molecule has 0 radical (unpaired) electrons. The zero-order valence-corrected chi connectivity index (χ0v) is 12.8. The molecule has 0 bridgehead atoms. The molecule has 1 aliphatic rings. The average molecular weight is 313 g/mol. The summed E-state index contributed by atoms with van der Waals surface area (Å²) in [5, 5.41) is 18.8. The number of aliphatic hydroxyl groups is 1. The number of aliphatic hydroxyl groups excluding tert-OH is 1. The zero-order chi connectivity index (χ0) is 15.8. The van der Waals surface area contributed by atoms with Gasteiger partial charge in [0.1, 0.15) is 0 Å². The van der Waals surface area contributed by atoms with Crippen molar-refractivity contribution in [3.63, 3.8) is 0 Å². The van der Waals surface area contributed by atoms with Gasteiger partial charge in [-0.15, -0.1) is 0 Å². The summed E-state index contributed by atoms with van der Waals surface area (Å²) in [6, 6.07) is 5.04. The normalized spacial score (nSPS) is 24.0. The van der Waals surface area contributed by atoms with E-state index in [1.54, 1.807) is 25.1 Å². The average Bonchev–Trinajstić information content (AvgIpc) is 2.38. The lowest BCUT2D eigenvalue weighted by Gasteiger charge is -2.33. The lowest BCUT2D eigenvalue weighted by Crippen LogP contribution is -2.48. The number of sulfonamides is 1. The SMILES string of the molecule is Cc1ccc(S(=O)(=O)N2CC[C@@H](O)[C@@H](C(=O)O)C2)c(C)c1. The van der Waals surface area contributed by atoms with Crippen molar-refractivity contribution >= 4 is 16.0 Å². The predicted octanol–water partition coefficient (Wildman–Crippen LogP) is 0.760. The maximum atomic E-state index is 12.6. The molecule has 0 unspecified atom stereocenters. The number of nitrogens with zero attached hydrogens (tertiary/aromatic N) is 1. The van der Waals surface area contributed by atoms with Crippen molar-refractivity contribution in [3.05, 3.63) is 29.3 Å². The van der Waals surface area contributed by atoms with Gasteiger partial charge in [-0.25, -0.2) is 8.42 Å². The third-order valence-electron chi connectivity index (χ3n) is 3.80. The molecule has 0 saturated carbocycles. The van der Waals surface area contributed by atoms with Crippen LogP contribution in [0.25, 0.3) is 0 Å². The Morgan fingerprint density at radius 1 is 1.33 bits per heavy atom. The second-order valence-electron chi connectivity index (χ2n) is 5.43. The van der Waals surface area contributed by atoms with Gasteiger partial charge in [0.15, 0.2) is 0 Å². The topological polar surface area (TPSA) is 94.9 Å². The monoisotopic (exact) mass is 313 g/mol. The van der Waals surface area contributed by atoms with Gasteiger partial charge < -0.3 is 10.2 Å². The second-order valence-corrected chi connectivity index (χ2v) is 7.34. The van der Waals surface area contributed by atoms with E-state index in [0.717, 1.165) is 9.87 Å². The number of carbonyl (C=O) groups is 1. The number of benzene rings is 1. The van der Waals surface area contributed by atoms with E-state index in [9.17, 15) is 18.3 Å². The van der Waals surface area contributed by atoms with Crippen molar-refractivity contribution in [2.45, 2.75) is 31.3 Å².